The van der Waals surface area contributed by atoms with Crippen molar-refractivity contribution >= 4 is 13.4 Å². The predicted molar refractivity (Wildman–Crippen MR) is 46.2 cm³/mol. The molecule has 0 aliphatic heterocycles. The van der Waals surface area contributed by atoms with Gasteiger partial charge in [0, 0.05) is 13.5 Å². The molecule has 0 amide bonds. The van der Waals surface area contributed by atoms with E-state index in [0.29, 0.717) is 6.42 Å². The maximum atomic E-state index is 11.0. The summed E-state index contributed by atoms with van der Waals surface area (Å²) >= 11 is 0. The van der Waals surface area contributed by atoms with Crippen LogP contribution in [0.15, 0.2) is 0 Å². The lowest BCUT2D eigenvalue weighted by Crippen LogP contribution is -2.07. The highest BCUT2D eigenvalue weighted by molar-refractivity contribution is 7.52. The largest absolute Gasteiger partial charge is 0.328 e. The van der Waals surface area contributed by atoms with Crippen LogP contribution in [0.5, 0.6) is 0 Å². The summed E-state index contributed by atoms with van der Waals surface area (Å²) in [6.45, 7) is 3.22. The number of hydrogen-bond acceptors (Lipinski definition) is 3. The predicted octanol–water partition coefficient (Wildman–Crippen LogP) is 1.43. The van der Waals surface area contributed by atoms with E-state index in [1.165, 1.54) is 14.0 Å². The molecule has 0 saturated carbocycles. The third-order valence-corrected chi connectivity index (χ3v) is 3.12. The lowest BCUT2D eigenvalue weighted by atomic mass is 10.1. The van der Waals surface area contributed by atoms with E-state index in [4.69, 9.17) is 4.89 Å². The molecule has 0 rings (SSSR count). The fourth-order valence-electron chi connectivity index (χ4n) is 1.02. The molecule has 0 aromatic heterocycles. The van der Waals surface area contributed by atoms with Crippen LogP contribution in [0.2, 0.25) is 0 Å². The Morgan fingerprint density at radius 1 is 1.67 bits per heavy atom. The molecule has 0 aliphatic rings. The lowest BCUT2D eigenvalue weighted by molar-refractivity contribution is -0.117. The monoisotopic (exact) mass is 194 g/mol. The molecule has 0 aromatic rings. The van der Waals surface area contributed by atoms with Crippen LogP contribution >= 0.6 is 7.60 Å². The van der Waals surface area contributed by atoms with Crippen molar-refractivity contribution in [3.8, 4) is 0 Å². The second-order valence-electron chi connectivity index (χ2n) is 3.01. The van der Waals surface area contributed by atoms with Crippen molar-refractivity contribution in [2.24, 2.45) is 5.92 Å². The van der Waals surface area contributed by atoms with Crippen molar-refractivity contribution in [3.63, 3.8) is 0 Å². The Bertz CT molecular complexity index is 202. The normalized spacial score (nSPS) is 18.3. The van der Waals surface area contributed by atoms with Crippen LogP contribution in [-0.4, -0.2) is 23.9 Å². The van der Waals surface area contributed by atoms with E-state index < -0.39 is 7.60 Å². The van der Waals surface area contributed by atoms with Gasteiger partial charge in [-0.2, -0.15) is 0 Å². The van der Waals surface area contributed by atoms with E-state index in [2.05, 4.69) is 4.52 Å². The van der Waals surface area contributed by atoms with Crippen LogP contribution in [-0.2, 0) is 13.9 Å². The summed E-state index contributed by atoms with van der Waals surface area (Å²) in [5.74, 6) is -0.0723. The van der Waals surface area contributed by atoms with Crippen molar-refractivity contribution in [3.05, 3.63) is 0 Å². The Morgan fingerprint density at radius 2 is 2.17 bits per heavy atom. The van der Waals surface area contributed by atoms with Crippen LogP contribution in [0.25, 0.3) is 0 Å². The maximum Gasteiger partial charge on any atom is 0.328 e. The number of hydrogen-bond donors (Lipinski definition) is 1. The fourth-order valence-corrected chi connectivity index (χ4v) is 2.09. The molecular weight excluding hydrogens is 179 g/mol. The molecule has 0 aliphatic carbocycles. The molecular formula is C7H15O4P. The number of carbonyl (C=O) groups is 1. The third-order valence-electron chi connectivity index (χ3n) is 1.46. The Hall–Kier alpha value is -0.180. The van der Waals surface area contributed by atoms with Gasteiger partial charge in [0.25, 0.3) is 0 Å². The van der Waals surface area contributed by atoms with Gasteiger partial charge in [0.1, 0.15) is 5.78 Å². The molecule has 2 atom stereocenters. The number of rotatable bonds is 5. The first-order valence-corrected chi connectivity index (χ1v) is 5.50. The highest BCUT2D eigenvalue weighted by Gasteiger charge is 2.21. The van der Waals surface area contributed by atoms with Crippen molar-refractivity contribution in [2.45, 2.75) is 20.3 Å². The van der Waals surface area contributed by atoms with Crippen LogP contribution in [0, 0.1) is 5.92 Å². The highest BCUT2D eigenvalue weighted by Crippen LogP contribution is 2.43. The SMILES string of the molecule is COP(=O)(O)CC(C)CC(C)=O. The van der Waals surface area contributed by atoms with Crippen LogP contribution in [0.3, 0.4) is 0 Å². The summed E-state index contributed by atoms with van der Waals surface area (Å²) in [4.78, 5) is 19.6. The van der Waals surface area contributed by atoms with Crippen LogP contribution in [0.1, 0.15) is 20.3 Å². The number of carbonyl (C=O) groups excluding carboxylic acids is 1. The fraction of sp³-hybridized carbons (Fsp3) is 0.857. The average molecular weight is 194 g/mol. The topological polar surface area (TPSA) is 63.6 Å². The number of Topliss-reactive ketones (excluding diaryl/α,β-unsaturated/α-hetero) is 1. The van der Waals surface area contributed by atoms with E-state index in [9.17, 15) is 9.36 Å². The van der Waals surface area contributed by atoms with Crippen molar-refractivity contribution in [2.75, 3.05) is 13.3 Å². The Morgan fingerprint density at radius 3 is 2.50 bits per heavy atom. The van der Waals surface area contributed by atoms with Gasteiger partial charge < -0.3 is 14.2 Å². The second-order valence-corrected chi connectivity index (χ2v) is 5.02. The Labute approximate surface area is 72.5 Å². The molecule has 1 N–H and O–H groups in total. The first-order valence-electron chi connectivity index (χ1n) is 3.74. The molecule has 0 spiro atoms. The molecule has 12 heavy (non-hydrogen) atoms. The molecule has 72 valence electrons. The first kappa shape index (κ1) is 11.8. The molecule has 0 saturated heterocycles. The quantitative estimate of drug-likeness (QED) is 0.672. The standard InChI is InChI=1S/C7H15O4P/c1-6(4-7(2)8)5-12(9,10)11-3/h6H,4-5H2,1-3H3,(H,9,10). The minimum Gasteiger partial charge on any atom is -0.324 e. The summed E-state index contributed by atoms with van der Waals surface area (Å²) in [6, 6.07) is 0. The third kappa shape index (κ3) is 5.47. The van der Waals surface area contributed by atoms with Crippen molar-refractivity contribution in [1.82, 2.24) is 0 Å². The van der Waals surface area contributed by atoms with Crippen molar-refractivity contribution < 1.29 is 18.8 Å². The summed E-state index contributed by atoms with van der Waals surface area (Å²) < 4.78 is 15.4. The van der Waals surface area contributed by atoms with E-state index in [-0.39, 0.29) is 17.9 Å². The summed E-state index contributed by atoms with van der Waals surface area (Å²) in [5.41, 5.74) is 0. The molecule has 0 fully saturated rings. The molecule has 0 heterocycles. The van der Waals surface area contributed by atoms with Gasteiger partial charge in [-0.05, 0) is 12.8 Å². The Kier molecular flexibility index (Phi) is 4.68. The van der Waals surface area contributed by atoms with Crippen LogP contribution in [0.4, 0.5) is 0 Å². The molecule has 0 aromatic carbocycles. The van der Waals surface area contributed by atoms with Gasteiger partial charge in [0.15, 0.2) is 0 Å². The minimum absolute atomic E-state index is 0.0265. The summed E-state index contributed by atoms with van der Waals surface area (Å²) in [7, 11) is -2.24. The van der Waals surface area contributed by atoms with Gasteiger partial charge in [0.2, 0.25) is 0 Å². The highest BCUT2D eigenvalue weighted by atomic mass is 31.2. The molecule has 5 heteroatoms. The smallest absolute Gasteiger partial charge is 0.324 e. The van der Waals surface area contributed by atoms with E-state index >= 15 is 0 Å². The van der Waals surface area contributed by atoms with Gasteiger partial charge in [-0.25, -0.2) is 0 Å². The molecule has 2 unspecified atom stereocenters. The molecule has 0 radical (unpaired) electrons. The zero-order valence-corrected chi connectivity index (χ0v) is 8.51. The zero-order valence-electron chi connectivity index (χ0n) is 7.61. The summed E-state index contributed by atoms with van der Waals surface area (Å²) in [5, 5.41) is 0. The second kappa shape index (κ2) is 4.75. The van der Waals surface area contributed by atoms with Gasteiger partial charge in [-0.15, -0.1) is 0 Å². The average Bonchev–Trinajstić information content (AvgIpc) is 1.84. The molecule has 4 nitrogen and oxygen atoms in total. The van der Waals surface area contributed by atoms with Gasteiger partial charge in [-0.1, -0.05) is 6.92 Å². The number of ketones is 1. The molecule has 0 bridgehead atoms. The Balaban J connectivity index is 3.92. The van der Waals surface area contributed by atoms with Gasteiger partial charge in [0.05, 0.1) is 6.16 Å². The lowest BCUT2D eigenvalue weighted by Gasteiger charge is -2.13. The van der Waals surface area contributed by atoms with Crippen molar-refractivity contribution in [1.29, 1.82) is 0 Å². The zero-order chi connectivity index (χ0) is 9.78. The van der Waals surface area contributed by atoms with Gasteiger partial charge >= 0.3 is 7.60 Å². The van der Waals surface area contributed by atoms with E-state index in [1.54, 1.807) is 6.92 Å². The van der Waals surface area contributed by atoms with E-state index in [1.807, 2.05) is 0 Å². The summed E-state index contributed by atoms with van der Waals surface area (Å²) in [6.07, 6.45) is 0.372. The maximum absolute atomic E-state index is 11.0. The van der Waals surface area contributed by atoms with Gasteiger partial charge in [-0.3, -0.25) is 4.57 Å². The minimum atomic E-state index is -3.44. The van der Waals surface area contributed by atoms with Crippen LogP contribution < -0.4 is 0 Å². The van der Waals surface area contributed by atoms with E-state index in [0.717, 1.165) is 0 Å². The first-order chi connectivity index (χ1) is 5.37.